The van der Waals surface area contributed by atoms with Crippen LogP contribution in [0.4, 0.5) is 4.39 Å². The lowest BCUT2D eigenvalue weighted by Crippen LogP contribution is -3.15. The SMILES string of the molecule is CN1CCN(C2C(Cl)CNCC2NC(=O)C2C(N)[N-][NH+]3CC(F)CNC23)CC1. The van der Waals surface area contributed by atoms with E-state index >= 15 is 0 Å². The van der Waals surface area contributed by atoms with E-state index in [2.05, 4.69) is 38.2 Å². The molecule has 4 aliphatic heterocycles. The van der Waals surface area contributed by atoms with E-state index in [1.807, 2.05) is 0 Å². The van der Waals surface area contributed by atoms with Crippen LogP contribution >= 0.6 is 11.6 Å². The molecule has 4 heterocycles. The fraction of sp³-hybridized carbons (Fsp3) is 0.941. The molecule has 4 fully saturated rings. The van der Waals surface area contributed by atoms with Crippen LogP contribution in [0.5, 0.6) is 0 Å². The zero-order valence-corrected chi connectivity index (χ0v) is 17.0. The molecule has 28 heavy (non-hydrogen) atoms. The number of piperidine rings is 1. The van der Waals surface area contributed by atoms with Gasteiger partial charge in [-0.15, -0.1) is 11.6 Å². The highest BCUT2D eigenvalue weighted by Crippen LogP contribution is 2.22. The monoisotopic (exact) mass is 418 g/mol. The smallest absolute Gasteiger partial charge is 0.230 e. The van der Waals surface area contributed by atoms with Crippen LogP contribution in [0.1, 0.15) is 0 Å². The Bertz CT molecular complexity index is 565. The lowest BCUT2D eigenvalue weighted by molar-refractivity contribution is -0.891. The minimum Gasteiger partial charge on any atom is -0.436 e. The van der Waals surface area contributed by atoms with E-state index in [0.717, 1.165) is 32.7 Å². The van der Waals surface area contributed by atoms with Gasteiger partial charge in [0.15, 0.2) is 6.17 Å². The summed E-state index contributed by atoms with van der Waals surface area (Å²) >= 11 is 6.68. The lowest BCUT2D eigenvalue weighted by atomic mass is 9.95. The van der Waals surface area contributed by atoms with Crippen LogP contribution < -0.4 is 26.7 Å². The molecule has 0 radical (unpaired) electrons. The number of nitrogens with two attached hydrogens (primary N) is 1. The molecule has 11 heteroatoms. The largest absolute Gasteiger partial charge is 0.436 e. The van der Waals surface area contributed by atoms with Crippen LogP contribution in [0.25, 0.3) is 5.43 Å². The molecule has 9 nitrogen and oxygen atoms in total. The van der Waals surface area contributed by atoms with Gasteiger partial charge in [0.2, 0.25) is 5.91 Å². The number of likely N-dealkylation sites (N-methyl/N-ethyl adjacent to an activating group) is 1. The van der Waals surface area contributed by atoms with Gasteiger partial charge in [-0.1, -0.05) is 0 Å². The third-order valence-corrected chi connectivity index (χ3v) is 6.88. The Kier molecular flexibility index (Phi) is 6.38. The van der Waals surface area contributed by atoms with Crippen molar-refractivity contribution in [2.45, 2.75) is 36.0 Å². The molecule has 0 aliphatic carbocycles. The van der Waals surface area contributed by atoms with Gasteiger partial charge in [-0.2, -0.15) is 0 Å². The quantitative estimate of drug-likeness (QED) is 0.307. The van der Waals surface area contributed by atoms with Crippen molar-refractivity contribution in [1.82, 2.24) is 25.8 Å². The number of alkyl halides is 2. The second-order valence-corrected chi connectivity index (χ2v) is 9.00. The average molecular weight is 419 g/mol. The summed E-state index contributed by atoms with van der Waals surface area (Å²) in [6.45, 7) is 5.76. The summed E-state index contributed by atoms with van der Waals surface area (Å²) < 4.78 is 13.7. The molecule has 8 atom stereocenters. The molecule has 1 amide bonds. The number of rotatable bonds is 3. The minimum absolute atomic E-state index is 0.0770. The number of fused-ring (bicyclic) bond motifs is 1. The van der Waals surface area contributed by atoms with Crippen molar-refractivity contribution in [3.8, 4) is 0 Å². The summed E-state index contributed by atoms with van der Waals surface area (Å²) in [6, 6.07) is -0.0194. The summed E-state index contributed by atoms with van der Waals surface area (Å²) in [4.78, 5) is 17.9. The van der Waals surface area contributed by atoms with E-state index < -0.39 is 18.3 Å². The highest BCUT2D eigenvalue weighted by Gasteiger charge is 2.46. The molecule has 6 N–H and O–H groups in total. The Morgan fingerprint density at radius 1 is 1.29 bits per heavy atom. The summed E-state index contributed by atoms with van der Waals surface area (Å²) in [7, 11) is 2.12. The molecule has 0 aromatic heterocycles. The molecule has 8 unspecified atom stereocenters. The number of carbonyl (C=O) groups is 1. The molecule has 0 spiro atoms. The van der Waals surface area contributed by atoms with Crippen molar-refractivity contribution in [2.24, 2.45) is 11.7 Å². The number of nitrogens with one attached hydrogen (secondary N) is 4. The minimum atomic E-state index is -0.967. The first-order valence-electron chi connectivity index (χ1n) is 10.2. The number of nitrogens with zero attached hydrogens (tertiary/aromatic N) is 3. The first-order chi connectivity index (χ1) is 13.4. The highest BCUT2D eigenvalue weighted by molar-refractivity contribution is 6.21. The van der Waals surface area contributed by atoms with Gasteiger partial charge in [-0.3, -0.25) is 15.0 Å². The summed E-state index contributed by atoms with van der Waals surface area (Å²) in [5, 5.41) is 10.2. The molecule has 160 valence electrons. The van der Waals surface area contributed by atoms with Crippen molar-refractivity contribution < 1.29 is 14.2 Å². The zero-order valence-electron chi connectivity index (χ0n) is 16.3. The van der Waals surface area contributed by atoms with E-state index in [4.69, 9.17) is 17.3 Å². The molecule has 0 aromatic carbocycles. The summed E-state index contributed by atoms with van der Waals surface area (Å²) in [6.07, 6.45) is -1.87. The number of hydrogen-bond donors (Lipinski definition) is 5. The van der Waals surface area contributed by atoms with Crippen LogP contribution in [0.3, 0.4) is 0 Å². The number of amides is 1. The second kappa shape index (κ2) is 8.65. The Labute approximate surface area is 170 Å². The van der Waals surface area contributed by atoms with E-state index in [0.29, 0.717) is 11.6 Å². The molecule has 0 bridgehead atoms. The van der Waals surface area contributed by atoms with Gasteiger partial charge in [0.05, 0.1) is 11.4 Å². The predicted octanol–water partition coefficient (Wildman–Crippen LogP) is -3.35. The van der Waals surface area contributed by atoms with Gasteiger partial charge in [-0.25, -0.2) is 4.39 Å². The Balaban J connectivity index is 1.43. The van der Waals surface area contributed by atoms with Crippen molar-refractivity contribution in [3.63, 3.8) is 0 Å². The number of carbonyl (C=O) groups excluding carboxylic acids is 1. The third-order valence-electron chi connectivity index (χ3n) is 6.47. The maximum absolute atomic E-state index is 13.7. The van der Waals surface area contributed by atoms with E-state index in [1.165, 1.54) is 0 Å². The molecule has 4 aliphatic rings. The number of piperazine rings is 1. The topological polar surface area (TPSA) is 104 Å². The Morgan fingerprint density at radius 2 is 2.04 bits per heavy atom. The predicted molar refractivity (Wildman–Crippen MR) is 105 cm³/mol. The van der Waals surface area contributed by atoms with E-state index in [-0.39, 0.29) is 42.6 Å². The van der Waals surface area contributed by atoms with E-state index in [1.54, 1.807) is 0 Å². The van der Waals surface area contributed by atoms with Crippen LogP contribution in [0.15, 0.2) is 0 Å². The van der Waals surface area contributed by atoms with Gasteiger partial charge >= 0.3 is 0 Å². The third kappa shape index (κ3) is 4.15. The maximum Gasteiger partial charge on any atom is 0.230 e. The standard InChI is InChI=1S/C17H32ClFN8O/c1-25-2-4-26(5-3-25)14-11(18)7-21-8-12(14)23-17(28)13-15(20)24-27-9-10(19)6-22-16(13)27/h10-16,21-22,27H,2-9,20H2,1H3,(H,23,28). The normalized spacial score (nSPS) is 45.6. The first-order valence-corrected chi connectivity index (χ1v) is 10.6. The Hall–Kier alpha value is -0.590. The molecule has 4 rings (SSSR count). The van der Waals surface area contributed by atoms with Crippen molar-refractivity contribution in [3.05, 3.63) is 5.43 Å². The fourth-order valence-electron chi connectivity index (χ4n) is 4.93. The van der Waals surface area contributed by atoms with Crippen molar-refractivity contribution >= 4 is 17.5 Å². The molecule has 0 aromatic rings. The van der Waals surface area contributed by atoms with Gasteiger partial charge in [0, 0.05) is 51.9 Å². The highest BCUT2D eigenvalue weighted by atomic mass is 35.5. The fourth-order valence-corrected chi connectivity index (χ4v) is 5.37. The zero-order chi connectivity index (χ0) is 19.8. The van der Waals surface area contributed by atoms with Crippen LogP contribution in [-0.2, 0) is 4.79 Å². The van der Waals surface area contributed by atoms with Crippen LogP contribution in [0.2, 0.25) is 0 Å². The molecular formula is C17H32ClFN8O. The maximum atomic E-state index is 13.7. The second-order valence-electron chi connectivity index (χ2n) is 8.44. The van der Waals surface area contributed by atoms with Gasteiger partial charge in [-0.05, 0) is 13.2 Å². The average Bonchev–Trinajstić information content (AvgIpc) is 2.98. The van der Waals surface area contributed by atoms with Gasteiger partial charge < -0.3 is 31.7 Å². The lowest BCUT2D eigenvalue weighted by Gasteiger charge is -2.46. The van der Waals surface area contributed by atoms with E-state index in [9.17, 15) is 9.18 Å². The summed E-state index contributed by atoms with van der Waals surface area (Å²) in [5.74, 6) is -0.635. The Morgan fingerprint density at radius 3 is 2.79 bits per heavy atom. The first kappa shape index (κ1) is 20.7. The number of halogens is 2. The molecule has 0 saturated carbocycles. The number of hydrogen-bond acceptors (Lipinski definition) is 6. The van der Waals surface area contributed by atoms with Crippen LogP contribution in [0, 0.1) is 5.92 Å². The molecular weight excluding hydrogens is 387 g/mol. The number of quaternary nitrogens is 1. The van der Waals surface area contributed by atoms with Crippen molar-refractivity contribution in [2.75, 3.05) is 59.4 Å². The van der Waals surface area contributed by atoms with Gasteiger partial charge in [0.25, 0.3) is 0 Å². The summed E-state index contributed by atoms with van der Waals surface area (Å²) in [5.41, 5.74) is 10.5. The van der Waals surface area contributed by atoms with Crippen molar-refractivity contribution in [1.29, 1.82) is 0 Å². The molecule has 4 saturated heterocycles. The van der Waals surface area contributed by atoms with Gasteiger partial charge in [0.1, 0.15) is 18.6 Å². The van der Waals surface area contributed by atoms with Crippen LogP contribution in [-0.4, -0.2) is 111 Å².